The fraction of sp³-hybridized carbons (Fsp3) is 0.588. The van der Waals surface area contributed by atoms with Gasteiger partial charge in [-0.05, 0) is 36.0 Å². The minimum absolute atomic E-state index is 0.100. The van der Waals surface area contributed by atoms with E-state index in [1.54, 1.807) is 0 Å². The molecule has 0 aromatic heterocycles. The van der Waals surface area contributed by atoms with Gasteiger partial charge < -0.3 is 4.74 Å². The predicted octanol–water partition coefficient (Wildman–Crippen LogP) is 4.78. The highest BCUT2D eigenvalue weighted by molar-refractivity contribution is 9.10. The fourth-order valence-electron chi connectivity index (χ4n) is 3.62. The number of carbonyl (C=O) groups is 1. The molecule has 2 nitrogen and oxygen atoms in total. The van der Waals surface area contributed by atoms with Crippen molar-refractivity contribution in [1.82, 2.24) is 0 Å². The second-order valence-electron chi connectivity index (χ2n) is 6.69. The molecule has 1 aliphatic carbocycles. The summed E-state index contributed by atoms with van der Waals surface area (Å²) >= 11 is 3.53. The number of carbonyl (C=O) groups excluding carboxylic acids is 1. The number of benzene rings is 1. The molecule has 2 aliphatic rings. The van der Waals surface area contributed by atoms with Crippen molar-refractivity contribution >= 4 is 21.7 Å². The number of hydrogen-bond acceptors (Lipinski definition) is 2. The number of hydrogen-bond donors (Lipinski definition) is 0. The molecule has 108 valence electrons. The first kappa shape index (κ1) is 14.1. The number of rotatable bonds is 2. The first-order valence-corrected chi connectivity index (χ1v) is 8.28. The van der Waals surface area contributed by atoms with E-state index in [9.17, 15) is 4.79 Å². The van der Waals surface area contributed by atoms with Crippen molar-refractivity contribution < 1.29 is 9.53 Å². The van der Waals surface area contributed by atoms with Crippen molar-refractivity contribution in [2.24, 2.45) is 11.3 Å². The zero-order valence-corrected chi connectivity index (χ0v) is 13.8. The maximum absolute atomic E-state index is 13.0. The topological polar surface area (TPSA) is 26.3 Å². The van der Waals surface area contributed by atoms with E-state index in [0.29, 0.717) is 6.61 Å². The van der Waals surface area contributed by atoms with Crippen LogP contribution in [-0.4, -0.2) is 12.4 Å². The summed E-state index contributed by atoms with van der Waals surface area (Å²) in [5, 5.41) is 0. The van der Waals surface area contributed by atoms with Crippen LogP contribution in [0, 0.1) is 11.3 Å². The van der Waals surface area contributed by atoms with E-state index in [1.165, 1.54) is 6.42 Å². The van der Waals surface area contributed by atoms with Gasteiger partial charge >= 0.3 is 0 Å². The Labute approximate surface area is 129 Å². The van der Waals surface area contributed by atoms with Gasteiger partial charge in [0.05, 0.1) is 12.2 Å². The third-order valence-corrected chi connectivity index (χ3v) is 5.30. The Balaban J connectivity index is 1.99. The number of ether oxygens (including phenoxy) is 1. The zero-order chi connectivity index (χ0) is 14.3. The lowest BCUT2D eigenvalue weighted by Gasteiger charge is -2.37. The van der Waals surface area contributed by atoms with E-state index in [1.807, 2.05) is 6.07 Å². The van der Waals surface area contributed by atoms with E-state index in [-0.39, 0.29) is 17.1 Å². The summed E-state index contributed by atoms with van der Waals surface area (Å²) in [6.45, 7) is 5.15. The van der Waals surface area contributed by atoms with Crippen LogP contribution in [0.5, 0.6) is 5.75 Å². The monoisotopic (exact) mass is 336 g/mol. The molecule has 0 amide bonds. The molecule has 20 heavy (non-hydrogen) atoms. The van der Waals surface area contributed by atoms with E-state index in [0.717, 1.165) is 47.0 Å². The second-order valence-corrected chi connectivity index (χ2v) is 7.61. The molecule has 1 atom stereocenters. The second kappa shape index (κ2) is 5.18. The summed E-state index contributed by atoms with van der Waals surface area (Å²) < 4.78 is 6.71. The lowest BCUT2D eigenvalue weighted by Crippen LogP contribution is -2.34. The molecule has 0 spiro atoms. The third-order valence-electron chi connectivity index (χ3n) is 4.84. The number of ketones is 1. The van der Waals surface area contributed by atoms with E-state index < -0.39 is 0 Å². The van der Waals surface area contributed by atoms with Crippen LogP contribution in [0.15, 0.2) is 16.6 Å². The van der Waals surface area contributed by atoms with Crippen LogP contribution >= 0.6 is 15.9 Å². The van der Waals surface area contributed by atoms with Crippen LogP contribution in [-0.2, 0) is 6.42 Å². The highest BCUT2D eigenvalue weighted by atomic mass is 79.9. The lowest BCUT2D eigenvalue weighted by atomic mass is 9.66. The predicted molar refractivity (Wildman–Crippen MR) is 83.4 cm³/mol. The Morgan fingerprint density at radius 1 is 1.35 bits per heavy atom. The minimum Gasteiger partial charge on any atom is -0.492 e. The molecule has 1 heterocycles. The molecule has 3 rings (SSSR count). The molecule has 3 heteroatoms. The Kier molecular flexibility index (Phi) is 3.65. The highest BCUT2D eigenvalue weighted by Crippen LogP contribution is 2.44. The molecular formula is C17H21BrO2. The van der Waals surface area contributed by atoms with Crippen molar-refractivity contribution in [2.75, 3.05) is 6.61 Å². The number of Topliss-reactive ketones (excluding diaryl/α,β-unsaturated/α-hetero) is 1. The summed E-state index contributed by atoms with van der Waals surface area (Å²) in [5.41, 5.74) is 2.05. The average Bonchev–Trinajstić information content (AvgIpc) is 2.84. The average molecular weight is 337 g/mol. The van der Waals surface area contributed by atoms with Crippen LogP contribution in [0.1, 0.15) is 55.5 Å². The molecule has 1 aliphatic heterocycles. The summed E-state index contributed by atoms with van der Waals surface area (Å²) in [6.07, 6.45) is 5.46. The Morgan fingerprint density at radius 3 is 2.90 bits per heavy atom. The van der Waals surface area contributed by atoms with Gasteiger partial charge in [0.1, 0.15) is 5.75 Å². The molecule has 0 bridgehead atoms. The molecule has 1 saturated carbocycles. The normalized spacial score (nSPS) is 24.1. The molecule has 1 aromatic rings. The van der Waals surface area contributed by atoms with Crippen molar-refractivity contribution in [3.63, 3.8) is 0 Å². The highest BCUT2D eigenvalue weighted by Gasteiger charge is 2.39. The molecule has 1 aromatic carbocycles. The van der Waals surface area contributed by atoms with Crippen molar-refractivity contribution in [3.8, 4) is 5.75 Å². The number of halogens is 1. The van der Waals surface area contributed by atoms with Gasteiger partial charge in [-0.1, -0.05) is 42.6 Å². The smallest absolute Gasteiger partial charge is 0.170 e. The maximum atomic E-state index is 13.0. The van der Waals surface area contributed by atoms with Crippen molar-refractivity contribution in [3.05, 3.63) is 27.7 Å². The maximum Gasteiger partial charge on any atom is 0.170 e. The van der Waals surface area contributed by atoms with Gasteiger partial charge in [0.2, 0.25) is 0 Å². The van der Waals surface area contributed by atoms with Gasteiger partial charge in [-0.2, -0.15) is 0 Å². The van der Waals surface area contributed by atoms with Crippen LogP contribution in [0.25, 0.3) is 0 Å². The Hall–Kier alpha value is -0.830. The molecule has 1 fully saturated rings. The summed E-state index contributed by atoms with van der Waals surface area (Å²) in [7, 11) is 0. The van der Waals surface area contributed by atoms with Crippen LogP contribution in [0.4, 0.5) is 0 Å². The van der Waals surface area contributed by atoms with E-state index >= 15 is 0 Å². The third kappa shape index (κ3) is 2.41. The van der Waals surface area contributed by atoms with Crippen molar-refractivity contribution in [2.45, 2.75) is 46.0 Å². The summed E-state index contributed by atoms with van der Waals surface area (Å²) in [6, 6.07) is 4.02. The summed E-state index contributed by atoms with van der Waals surface area (Å²) in [5.74, 6) is 1.23. The van der Waals surface area contributed by atoms with E-state index in [2.05, 4.69) is 35.8 Å². The van der Waals surface area contributed by atoms with Crippen LogP contribution in [0.3, 0.4) is 0 Å². The first-order valence-electron chi connectivity index (χ1n) is 7.48. The summed E-state index contributed by atoms with van der Waals surface area (Å²) in [4.78, 5) is 13.0. The van der Waals surface area contributed by atoms with E-state index in [4.69, 9.17) is 4.74 Å². The molecule has 0 saturated heterocycles. The van der Waals surface area contributed by atoms with Gasteiger partial charge in [0, 0.05) is 16.8 Å². The van der Waals surface area contributed by atoms with Crippen LogP contribution in [0.2, 0.25) is 0 Å². The first-order chi connectivity index (χ1) is 9.49. The quantitative estimate of drug-likeness (QED) is 0.726. The van der Waals surface area contributed by atoms with Gasteiger partial charge in [-0.3, -0.25) is 4.79 Å². The van der Waals surface area contributed by atoms with Gasteiger partial charge in [0.25, 0.3) is 0 Å². The Bertz CT molecular complexity index is 548. The zero-order valence-electron chi connectivity index (χ0n) is 12.2. The van der Waals surface area contributed by atoms with Crippen LogP contribution < -0.4 is 4.74 Å². The Morgan fingerprint density at radius 2 is 2.15 bits per heavy atom. The van der Waals surface area contributed by atoms with Crippen molar-refractivity contribution in [1.29, 1.82) is 0 Å². The minimum atomic E-state index is 0.100. The molecule has 0 N–H and O–H groups in total. The fourth-order valence-corrected chi connectivity index (χ4v) is 4.13. The lowest BCUT2D eigenvalue weighted by molar-refractivity contribution is 0.0694. The standard InChI is InChI=1S/C17H21BrO2/c1-17(2)7-4-3-5-14(17)15(19)13-10-12(18)9-11-6-8-20-16(11)13/h9-10,14H,3-8H2,1-2H3. The SMILES string of the molecule is CC1(C)CCCCC1C(=O)c1cc(Br)cc2c1OCC2. The number of fused-ring (bicyclic) bond motifs is 1. The molecule has 0 radical (unpaired) electrons. The van der Waals surface area contributed by atoms with Gasteiger partial charge in [-0.25, -0.2) is 0 Å². The molecular weight excluding hydrogens is 316 g/mol. The van der Waals surface area contributed by atoms with Gasteiger partial charge in [0.15, 0.2) is 5.78 Å². The molecule has 1 unspecified atom stereocenters. The van der Waals surface area contributed by atoms with Gasteiger partial charge in [-0.15, -0.1) is 0 Å². The largest absolute Gasteiger partial charge is 0.492 e.